The van der Waals surface area contributed by atoms with E-state index in [1.54, 1.807) is 36.2 Å². The summed E-state index contributed by atoms with van der Waals surface area (Å²) in [7, 11) is 1.73. The fraction of sp³-hybridized carbons (Fsp3) is 0.467. The first-order valence-electron chi connectivity index (χ1n) is 6.68. The number of rotatable bonds is 8. The fourth-order valence-corrected chi connectivity index (χ4v) is 1.71. The summed E-state index contributed by atoms with van der Waals surface area (Å²) in [6.45, 7) is 3.60. The van der Waals surface area contributed by atoms with Crippen LogP contribution in [0.2, 0.25) is 0 Å². The van der Waals surface area contributed by atoms with Gasteiger partial charge < -0.3 is 14.7 Å². The van der Waals surface area contributed by atoms with Gasteiger partial charge in [-0.15, -0.1) is 0 Å². The van der Waals surface area contributed by atoms with Crippen molar-refractivity contribution in [2.24, 2.45) is 0 Å². The minimum Gasteiger partial charge on any atom is -0.478 e. The largest absolute Gasteiger partial charge is 0.478 e. The predicted molar refractivity (Wildman–Crippen MR) is 75.6 cm³/mol. The van der Waals surface area contributed by atoms with Gasteiger partial charge in [-0.2, -0.15) is 0 Å². The second-order valence-corrected chi connectivity index (χ2v) is 4.61. The molecule has 1 aromatic carbocycles. The summed E-state index contributed by atoms with van der Waals surface area (Å²) < 4.78 is 5.28. The molecule has 0 atom stereocenters. The lowest BCUT2D eigenvalue weighted by atomic mass is 10.1. The average molecular weight is 279 g/mol. The number of carboxylic acid groups (broad SMARTS) is 1. The molecule has 1 aromatic rings. The highest BCUT2D eigenvalue weighted by Crippen LogP contribution is 2.07. The Labute approximate surface area is 119 Å². The van der Waals surface area contributed by atoms with Crippen LogP contribution in [0.1, 0.15) is 35.7 Å². The molecule has 20 heavy (non-hydrogen) atoms. The van der Waals surface area contributed by atoms with E-state index in [0.717, 1.165) is 12.0 Å². The molecule has 0 aliphatic rings. The van der Waals surface area contributed by atoms with Crippen LogP contribution in [0.25, 0.3) is 0 Å². The van der Waals surface area contributed by atoms with E-state index in [0.29, 0.717) is 26.2 Å². The summed E-state index contributed by atoms with van der Waals surface area (Å²) in [5, 5.41) is 8.81. The molecule has 0 spiro atoms. The van der Waals surface area contributed by atoms with Gasteiger partial charge in [0.2, 0.25) is 5.91 Å². The first kappa shape index (κ1) is 16.2. The normalized spacial score (nSPS) is 10.3. The van der Waals surface area contributed by atoms with Gasteiger partial charge in [0.15, 0.2) is 0 Å². The molecule has 0 unspecified atom stereocenters. The van der Waals surface area contributed by atoms with Gasteiger partial charge in [0, 0.05) is 20.2 Å². The molecule has 0 bridgehead atoms. The number of benzene rings is 1. The number of amides is 1. The fourth-order valence-electron chi connectivity index (χ4n) is 1.71. The van der Waals surface area contributed by atoms with Crippen molar-refractivity contribution in [3.8, 4) is 0 Å². The average Bonchev–Trinajstić information content (AvgIpc) is 2.44. The minimum absolute atomic E-state index is 0.0171. The summed E-state index contributed by atoms with van der Waals surface area (Å²) in [6.07, 6.45) is 1.31. The van der Waals surface area contributed by atoms with Crippen molar-refractivity contribution >= 4 is 11.9 Å². The molecular formula is C15H21NO4. The molecule has 1 rings (SSSR count). The molecule has 0 radical (unpaired) electrons. The topological polar surface area (TPSA) is 66.8 Å². The van der Waals surface area contributed by atoms with Gasteiger partial charge >= 0.3 is 5.97 Å². The van der Waals surface area contributed by atoms with Crippen LogP contribution < -0.4 is 0 Å². The van der Waals surface area contributed by atoms with Gasteiger partial charge in [-0.3, -0.25) is 4.79 Å². The Kier molecular flexibility index (Phi) is 6.73. The summed E-state index contributed by atoms with van der Waals surface area (Å²) in [5.41, 5.74) is 1.15. The number of nitrogens with zero attached hydrogens (tertiary/aromatic N) is 1. The maximum absolute atomic E-state index is 11.8. The quantitative estimate of drug-likeness (QED) is 0.740. The zero-order valence-electron chi connectivity index (χ0n) is 12.0. The van der Waals surface area contributed by atoms with Crippen molar-refractivity contribution in [2.75, 3.05) is 20.3 Å². The van der Waals surface area contributed by atoms with Crippen LogP contribution in [0, 0.1) is 0 Å². The van der Waals surface area contributed by atoms with Crippen molar-refractivity contribution in [1.29, 1.82) is 0 Å². The van der Waals surface area contributed by atoms with Crippen LogP contribution in [0.5, 0.6) is 0 Å². The van der Waals surface area contributed by atoms with Crippen molar-refractivity contribution in [2.45, 2.75) is 26.3 Å². The molecule has 0 heterocycles. The van der Waals surface area contributed by atoms with Crippen LogP contribution in [0.15, 0.2) is 24.3 Å². The molecule has 0 saturated heterocycles. The Hall–Kier alpha value is -1.88. The van der Waals surface area contributed by atoms with Crippen molar-refractivity contribution in [3.05, 3.63) is 35.4 Å². The highest BCUT2D eigenvalue weighted by Gasteiger charge is 2.09. The van der Waals surface area contributed by atoms with E-state index in [4.69, 9.17) is 9.84 Å². The van der Waals surface area contributed by atoms with Gasteiger partial charge in [0.1, 0.15) is 0 Å². The smallest absolute Gasteiger partial charge is 0.335 e. The number of ether oxygens (including phenoxy) is 1. The van der Waals surface area contributed by atoms with Crippen LogP contribution in [0.3, 0.4) is 0 Å². The van der Waals surface area contributed by atoms with E-state index in [9.17, 15) is 9.59 Å². The van der Waals surface area contributed by atoms with E-state index < -0.39 is 5.97 Å². The predicted octanol–water partition coefficient (Wildman–Crippen LogP) is 2.16. The molecule has 1 amide bonds. The zero-order chi connectivity index (χ0) is 15.0. The third-order valence-corrected chi connectivity index (χ3v) is 2.86. The number of hydrogen-bond donors (Lipinski definition) is 1. The van der Waals surface area contributed by atoms with Crippen LogP contribution >= 0.6 is 0 Å². The lowest BCUT2D eigenvalue weighted by molar-refractivity contribution is -0.131. The van der Waals surface area contributed by atoms with Crippen molar-refractivity contribution in [1.82, 2.24) is 4.90 Å². The van der Waals surface area contributed by atoms with Gasteiger partial charge in [-0.25, -0.2) is 4.79 Å². The summed E-state index contributed by atoms with van der Waals surface area (Å²) in [5.74, 6) is -0.933. The molecule has 5 nitrogen and oxygen atoms in total. The maximum Gasteiger partial charge on any atom is 0.335 e. The first-order chi connectivity index (χ1) is 9.54. The monoisotopic (exact) mass is 279 g/mol. The van der Waals surface area contributed by atoms with E-state index in [1.807, 2.05) is 6.92 Å². The first-order valence-corrected chi connectivity index (χ1v) is 6.68. The number of hydrogen-bond acceptors (Lipinski definition) is 3. The molecule has 0 aromatic heterocycles. The molecule has 0 saturated carbocycles. The molecule has 1 N–H and O–H groups in total. The Morgan fingerprint density at radius 1 is 1.20 bits per heavy atom. The van der Waals surface area contributed by atoms with Crippen molar-refractivity contribution in [3.63, 3.8) is 0 Å². The van der Waals surface area contributed by atoms with Gasteiger partial charge in [0.25, 0.3) is 0 Å². The van der Waals surface area contributed by atoms with Gasteiger partial charge in [-0.1, -0.05) is 19.1 Å². The maximum atomic E-state index is 11.8. The summed E-state index contributed by atoms with van der Waals surface area (Å²) in [6, 6.07) is 6.53. The summed E-state index contributed by atoms with van der Waals surface area (Å²) in [4.78, 5) is 24.2. The second kappa shape index (κ2) is 8.32. The number of aromatic carboxylic acids is 1. The highest BCUT2D eigenvalue weighted by atomic mass is 16.5. The Bertz CT molecular complexity index is 442. The Morgan fingerprint density at radius 2 is 1.85 bits per heavy atom. The standard InChI is InChI=1S/C15H21NO4/c1-3-9-20-10-8-14(17)16(2)11-12-4-6-13(7-5-12)15(18)19/h4-7H,3,8-11H2,1-2H3,(H,18,19). The third-order valence-electron chi connectivity index (χ3n) is 2.86. The van der Waals surface area contributed by atoms with Crippen molar-refractivity contribution < 1.29 is 19.4 Å². The molecule has 110 valence electrons. The summed E-state index contributed by atoms with van der Waals surface area (Å²) >= 11 is 0. The van der Waals surface area contributed by atoms with E-state index >= 15 is 0 Å². The minimum atomic E-state index is -0.950. The molecule has 5 heteroatoms. The number of carbonyl (C=O) groups is 2. The zero-order valence-corrected chi connectivity index (χ0v) is 12.0. The van der Waals surface area contributed by atoms with Gasteiger partial charge in [0.05, 0.1) is 18.6 Å². The lowest BCUT2D eigenvalue weighted by Gasteiger charge is -2.17. The van der Waals surface area contributed by atoms with Crippen LogP contribution in [-0.4, -0.2) is 42.1 Å². The number of carboxylic acids is 1. The van der Waals surface area contributed by atoms with Crippen LogP contribution in [-0.2, 0) is 16.1 Å². The second-order valence-electron chi connectivity index (χ2n) is 4.61. The Morgan fingerprint density at radius 3 is 2.40 bits per heavy atom. The van der Waals surface area contributed by atoms with Gasteiger partial charge in [-0.05, 0) is 24.1 Å². The number of carbonyl (C=O) groups excluding carboxylic acids is 1. The SMILES string of the molecule is CCCOCCC(=O)N(C)Cc1ccc(C(=O)O)cc1. The third kappa shape index (κ3) is 5.40. The molecule has 0 aliphatic heterocycles. The molecule has 0 fully saturated rings. The highest BCUT2D eigenvalue weighted by molar-refractivity contribution is 5.87. The molecule has 0 aliphatic carbocycles. The van der Waals surface area contributed by atoms with E-state index in [1.165, 1.54) is 0 Å². The van der Waals surface area contributed by atoms with E-state index in [-0.39, 0.29) is 11.5 Å². The van der Waals surface area contributed by atoms with Crippen LogP contribution in [0.4, 0.5) is 0 Å². The lowest BCUT2D eigenvalue weighted by Crippen LogP contribution is -2.27. The molecular weight excluding hydrogens is 258 g/mol. The van der Waals surface area contributed by atoms with E-state index in [2.05, 4.69) is 0 Å². The Balaban J connectivity index is 2.42.